The molecule has 5 N–H and O–H groups in total. The summed E-state index contributed by atoms with van der Waals surface area (Å²) in [5.74, 6) is -0.481. The zero-order valence-corrected chi connectivity index (χ0v) is 9.83. The topological polar surface area (TPSA) is 94.0 Å². The Hall–Kier alpha value is -2.08. The lowest BCUT2D eigenvalue weighted by molar-refractivity contribution is 0.100. The third-order valence-electron chi connectivity index (χ3n) is 2.25. The molecule has 0 spiro atoms. The van der Waals surface area contributed by atoms with Crippen molar-refractivity contribution in [1.29, 1.82) is 0 Å². The first-order chi connectivity index (χ1) is 8.16. The predicted octanol–water partition coefficient (Wildman–Crippen LogP) is 1.44. The number of primary amides is 1. The molecular formula is C11H12N4OS. The second kappa shape index (κ2) is 4.84. The summed E-state index contributed by atoms with van der Waals surface area (Å²) in [7, 11) is 0. The first kappa shape index (κ1) is 11.4. The van der Waals surface area contributed by atoms with E-state index in [-0.39, 0.29) is 0 Å². The third kappa shape index (κ3) is 2.73. The molecule has 5 nitrogen and oxygen atoms in total. The summed E-state index contributed by atoms with van der Waals surface area (Å²) in [6, 6.07) is 4.95. The van der Waals surface area contributed by atoms with Gasteiger partial charge in [-0.3, -0.25) is 4.79 Å². The number of thiazole rings is 1. The number of rotatable bonds is 4. The second-order valence-electron chi connectivity index (χ2n) is 3.50. The Morgan fingerprint density at radius 1 is 1.47 bits per heavy atom. The van der Waals surface area contributed by atoms with Crippen LogP contribution in [0.1, 0.15) is 16.1 Å². The van der Waals surface area contributed by atoms with Gasteiger partial charge in [0.05, 0.1) is 23.3 Å². The molecule has 1 aromatic heterocycles. The minimum absolute atomic E-state index is 0.425. The Balaban J connectivity index is 2.19. The van der Waals surface area contributed by atoms with Gasteiger partial charge >= 0.3 is 0 Å². The zero-order chi connectivity index (χ0) is 12.3. The number of nitrogens with two attached hydrogens (primary N) is 2. The van der Waals surface area contributed by atoms with Gasteiger partial charge in [-0.05, 0) is 18.2 Å². The molecule has 6 heteroatoms. The van der Waals surface area contributed by atoms with Gasteiger partial charge < -0.3 is 16.8 Å². The number of amides is 1. The van der Waals surface area contributed by atoms with Crippen molar-refractivity contribution in [3.05, 3.63) is 40.3 Å². The summed E-state index contributed by atoms with van der Waals surface area (Å²) >= 11 is 1.52. The van der Waals surface area contributed by atoms with Crippen molar-refractivity contribution in [1.82, 2.24) is 4.98 Å². The van der Waals surface area contributed by atoms with E-state index in [4.69, 9.17) is 11.5 Å². The average Bonchev–Trinajstić information content (AvgIpc) is 2.78. The van der Waals surface area contributed by atoms with Crippen LogP contribution in [0.2, 0.25) is 0 Å². The van der Waals surface area contributed by atoms with Gasteiger partial charge in [0.2, 0.25) is 0 Å². The number of hydrogen-bond acceptors (Lipinski definition) is 5. The molecule has 0 saturated carbocycles. The van der Waals surface area contributed by atoms with Crippen LogP contribution in [0.4, 0.5) is 11.4 Å². The molecule has 2 aromatic rings. The molecule has 0 unspecified atom stereocenters. The number of anilines is 2. The summed E-state index contributed by atoms with van der Waals surface area (Å²) in [5, 5.41) is 5.03. The van der Waals surface area contributed by atoms with Crippen LogP contribution < -0.4 is 16.8 Å². The Labute approximate surface area is 102 Å². The fraction of sp³-hybridized carbons (Fsp3) is 0.0909. The number of hydrogen-bond donors (Lipinski definition) is 3. The lowest BCUT2D eigenvalue weighted by Gasteiger charge is -2.09. The normalized spacial score (nSPS) is 10.1. The smallest absolute Gasteiger partial charge is 0.250 e. The molecule has 1 aromatic carbocycles. The van der Waals surface area contributed by atoms with Crippen LogP contribution in [0.15, 0.2) is 29.1 Å². The standard InChI is InChI=1S/C11H12N4OS/c12-7-1-2-9(11(13)16)10(3-7)14-4-8-5-17-6-15-8/h1-3,5-6,14H,4,12H2,(H2,13,16). The van der Waals surface area contributed by atoms with Crippen molar-refractivity contribution in [3.63, 3.8) is 0 Å². The van der Waals surface area contributed by atoms with Crippen LogP contribution in [-0.2, 0) is 6.54 Å². The van der Waals surface area contributed by atoms with E-state index in [1.807, 2.05) is 5.38 Å². The molecule has 0 saturated heterocycles. The number of nitrogens with one attached hydrogen (secondary N) is 1. The molecule has 1 amide bonds. The fourth-order valence-corrected chi connectivity index (χ4v) is 1.99. The lowest BCUT2D eigenvalue weighted by Crippen LogP contribution is -2.14. The van der Waals surface area contributed by atoms with Crippen molar-refractivity contribution >= 4 is 28.6 Å². The van der Waals surface area contributed by atoms with Crippen molar-refractivity contribution in [2.45, 2.75) is 6.54 Å². The Morgan fingerprint density at radius 2 is 2.29 bits per heavy atom. The van der Waals surface area contributed by atoms with Crippen molar-refractivity contribution < 1.29 is 4.79 Å². The maximum atomic E-state index is 11.2. The van der Waals surface area contributed by atoms with Crippen LogP contribution in [0, 0.1) is 0 Å². The van der Waals surface area contributed by atoms with E-state index in [1.54, 1.807) is 23.7 Å². The predicted molar refractivity (Wildman–Crippen MR) is 68.8 cm³/mol. The minimum Gasteiger partial charge on any atom is -0.399 e. The Bertz CT molecular complexity index is 524. The number of nitrogen functional groups attached to an aromatic ring is 1. The van der Waals surface area contributed by atoms with E-state index < -0.39 is 5.91 Å². The quantitative estimate of drug-likeness (QED) is 0.713. The van der Waals surface area contributed by atoms with Gasteiger partial charge in [-0.1, -0.05) is 0 Å². The number of nitrogens with zero attached hydrogens (tertiary/aromatic N) is 1. The van der Waals surface area contributed by atoms with Gasteiger partial charge in [0.1, 0.15) is 0 Å². The summed E-state index contributed by atoms with van der Waals surface area (Å²) in [6.45, 7) is 0.535. The highest BCUT2D eigenvalue weighted by atomic mass is 32.1. The Morgan fingerprint density at radius 3 is 2.94 bits per heavy atom. The number of benzene rings is 1. The maximum Gasteiger partial charge on any atom is 0.250 e. The highest BCUT2D eigenvalue weighted by molar-refractivity contribution is 7.07. The number of carbonyl (C=O) groups is 1. The first-order valence-corrected chi connectivity index (χ1v) is 5.91. The van der Waals surface area contributed by atoms with Crippen LogP contribution in [0.3, 0.4) is 0 Å². The fourth-order valence-electron chi connectivity index (χ4n) is 1.43. The number of carbonyl (C=O) groups excluding carboxylic acids is 1. The van der Waals surface area contributed by atoms with E-state index >= 15 is 0 Å². The van der Waals surface area contributed by atoms with Gasteiger partial charge in [0.15, 0.2) is 0 Å². The van der Waals surface area contributed by atoms with E-state index in [0.717, 1.165) is 5.69 Å². The van der Waals surface area contributed by atoms with Gasteiger partial charge in [-0.15, -0.1) is 11.3 Å². The van der Waals surface area contributed by atoms with Gasteiger partial charge in [-0.2, -0.15) is 0 Å². The summed E-state index contributed by atoms with van der Waals surface area (Å²) < 4.78 is 0. The highest BCUT2D eigenvalue weighted by Crippen LogP contribution is 2.19. The van der Waals surface area contributed by atoms with Crippen molar-refractivity contribution in [3.8, 4) is 0 Å². The lowest BCUT2D eigenvalue weighted by atomic mass is 10.1. The molecule has 0 aliphatic heterocycles. The molecule has 0 bridgehead atoms. The average molecular weight is 248 g/mol. The highest BCUT2D eigenvalue weighted by Gasteiger charge is 2.08. The number of aromatic nitrogens is 1. The van der Waals surface area contributed by atoms with Crippen molar-refractivity contribution in [2.24, 2.45) is 5.73 Å². The first-order valence-electron chi connectivity index (χ1n) is 4.97. The summed E-state index contributed by atoms with van der Waals surface area (Å²) in [6.07, 6.45) is 0. The molecule has 0 aliphatic rings. The zero-order valence-electron chi connectivity index (χ0n) is 9.01. The van der Waals surface area contributed by atoms with Crippen LogP contribution in [0.5, 0.6) is 0 Å². The minimum atomic E-state index is -0.481. The van der Waals surface area contributed by atoms with Crippen LogP contribution >= 0.6 is 11.3 Å². The molecule has 88 valence electrons. The van der Waals surface area contributed by atoms with Gasteiger partial charge in [0, 0.05) is 16.8 Å². The second-order valence-corrected chi connectivity index (χ2v) is 4.22. The Kier molecular flexibility index (Phi) is 3.24. The van der Waals surface area contributed by atoms with Gasteiger partial charge in [0.25, 0.3) is 5.91 Å². The molecule has 0 aliphatic carbocycles. The molecular weight excluding hydrogens is 236 g/mol. The maximum absolute atomic E-state index is 11.2. The van der Waals surface area contributed by atoms with E-state index in [1.165, 1.54) is 11.3 Å². The molecule has 1 heterocycles. The van der Waals surface area contributed by atoms with E-state index in [0.29, 0.717) is 23.5 Å². The molecule has 0 radical (unpaired) electrons. The molecule has 2 rings (SSSR count). The van der Waals surface area contributed by atoms with Crippen LogP contribution in [-0.4, -0.2) is 10.9 Å². The SMILES string of the molecule is NC(=O)c1ccc(N)cc1NCc1cscn1. The van der Waals surface area contributed by atoms with Crippen molar-refractivity contribution in [2.75, 3.05) is 11.1 Å². The van der Waals surface area contributed by atoms with E-state index in [9.17, 15) is 4.79 Å². The van der Waals surface area contributed by atoms with Crippen LogP contribution in [0.25, 0.3) is 0 Å². The molecule has 17 heavy (non-hydrogen) atoms. The molecule has 0 atom stereocenters. The third-order valence-corrected chi connectivity index (χ3v) is 2.89. The summed E-state index contributed by atoms with van der Waals surface area (Å²) in [4.78, 5) is 15.4. The van der Waals surface area contributed by atoms with Gasteiger partial charge in [-0.25, -0.2) is 4.98 Å². The molecule has 0 fully saturated rings. The largest absolute Gasteiger partial charge is 0.399 e. The summed E-state index contributed by atoms with van der Waals surface area (Å²) in [5.41, 5.74) is 15.3. The monoisotopic (exact) mass is 248 g/mol. The van der Waals surface area contributed by atoms with E-state index in [2.05, 4.69) is 10.3 Å².